The Hall–Kier alpha value is -3.43. The molecule has 2 N–H and O–H groups in total. The number of piperazine rings is 1. The van der Waals surface area contributed by atoms with Crippen LogP contribution >= 0.6 is 0 Å². The van der Waals surface area contributed by atoms with Crippen molar-refractivity contribution >= 4 is 32.4 Å². The summed E-state index contributed by atoms with van der Waals surface area (Å²) >= 11 is 0. The number of aromatic amines is 1. The van der Waals surface area contributed by atoms with Gasteiger partial charge in [-0.2, -0.15) is 0 Å². The van der Waals surface area contributed by atoms with Gasteiger partial charge in [-0.3, -0.25) is 9.62 Å². The Balaban J connectivity index is 1.22. The SMILES string of the molecule is Cc1[nH]c2ccccc2c1CN1CCN(c2ccc(S(=O)(=O)Nc3ccncn3)cc2)CC1. The second-order valence-corrected chi connectivity index (χ2v) is 9.91. The molecule has 1 aliphatic rings. The molecule has 0 radical (unpaired) electrons. The van der Waals surface area contributed by atoms with Gasteiger partial charge >= 0.3 is 0 Å². The highest BCUT2D eigenvalue weighted by molar-refractivity contribution is 7.92. The second kappa shape index (κ2) is 8.84. The predicted molar refractivity (Wildman–Crippen MR) is 130 cm³/mol. The van der Waals surface area contributed by atoms with Crippen molar-refractivity contribution in [3.63, 3.8) is 0 Å². The van der Waals surface area contributed by atoms with Crippen molar-refractivity contribution in [1.82, 2.24) is 19.9 Å². The van der Waals surface area contributed by atoms with Crippen LogP contribution in [0.5, 0.6) is 0 Å². The maximum absolute atomic E-state index is 12.6. The molecule has 0 saturated carbocycles. The van der Waals surface area contributed by atoms with Crippen LogP contribution in [0, 0.1) is 6.92 Å². The summed E-state index contributed by atoms with van der Waals surface area (Å²) in [6.45, 7) is 6.76. The van der Waals surface area contributed by atoms with Gasteiger partial charge in [-0.05, 0) is 48.9 Å². The van der Waals surface area contributed by atoms with Crippen molar-refractivity contribution in [3.05, 3.63) is 78.4 Å². The molecule has 0 amide bonds. The van der Waals surface area contributed by atoms with Crippen molar-refractivity contribution in [2.75, 3.05) is 35.8 Å². The number of anilines is 2. The predicted octanol–water partition coefficient (Wildman–Crippen LogP) is 3.39. The molecule has 2 aromatic heterocycles. The first-order valence-corrected chi connectivity index (χ1v) is 12.4. The Morgan fingerprint density at radius 1 is 1.00 bits per heavy atom. The number of hydrogen-bond acceptors (Lipinski definition) is 6. The van der Waals surface area contributed by atoms with Crippen molar-refractivity contribution in [1.29, 1.82) is 0 Å². The summed E-state index contributed by atoms with van der Waals surface area (Å²) < 4.78 is 27.7. The van der Waals surface area contributed by atoms with E-state index in [9.17, 15) is 8.42 Å². The zero-order valence-electron chi connectivity index (χ0n) is 18.4. The average Bonchev–Trinajstić information content (AvgIpc) is 3.15. The molecule has 5 rings (SSSR count). The Morgan fingerprint density at radius 2 is 1.76 bits per heavy atom. The quantitative estimate of drug-likeness (QED) is 0.456. The van der Waals surface area contributed by atoms with Gasteiger partial charge in [-0.1, -0.05) is 18.2 Å². The summed E-state index contributed by atoms with van der Waals surface area (Å²) in [5.74, 6) is 0.246. The number of fused-ring (bicyclic) bond motifs is 1. The van der Waals surface area contributed by atoms with Crippen LogP contribution in [-0.4, -0.2) is 54.4 Å². The van der Waals surface area contributed by atoms with Crippen LogP contribution in [0.2, 0.25) is 0 Å². The summed E-state index contributed by atoms with van der Waals surface area (Å²) in [6.07, 6.45) is 2.80. The maximum atomic E-state index is 12.6. The minimum Gasteiger partial charge on any atom is -0.369 e. The van der Waals surface area contributed by atoms with Crippen LogP contribution in [0.15, 0.2) is 72.0 Å². The molecule has 0 bridgehead atoms. The number of nitrogens with zero attached hydrogens (tertiary/aromatic N) is 4. The third-order valence-corrected chi connectivity index (χ3v) is 7.48. The van der Waals surface area contributed by atoms with Gasteiger partial charge in [0.05, 0.1) is 4.90 Å². The van der Waals surface area contributed by atoms with Crippen LogP contribution in [0.25, 0.3) is 10.9 Å². The van der Waals surface area contributed by atoms with Gasteiger partial charge in [-0.25, -0.2) is 18.4 Å². The maximum Gasteiger partial charge on any atom is 0.263 e. The Kier molecular flexibility index (Phi) is 5.74. The van der Waals surface area contributed by atoms with E-state index >= 15 is 0 Å². The van der Waals surface area contributed by atoms with Gasteiger partial charge in [0.25, 0.3) is 10.0 Å². The molecule has 0 atom stereocenters. The van der Waals surface area contributed by atoms with Crippen molar-refractivity contribution < 1.29 is 8.42 Å². The summed E-state index contributed by atoms with van der Waals surface area (Å²) in [5.41, 5.74) is 4.81. The van der Waals surface area contributed by atoms with Crippen LogP contribution in [0.3, 0.4) is 0 Å². The van der Waals surface area contributed by atoms with Gasteiger partial charge in [0, 0.05) is 61.2 Å². The van der Waals surface area contributed by atoms with Gasteiger partial charge in [0.1, 0.15) is 12.1 Å². The normalized spacial score (nSPS) is 15.1. The summed E-state index contributed by atoms with van der Waals surface area (Å²) in [4.78, 5) is 16.2. The van der Waals surface area contributed by atoms with Gasteiger partial charge in [-0.15, -0.1) is 0 Å². The van der Waals surface area contributed by atoms with Gasteiger partial charge < -0.3 is 9.88 Å². The molecule has 33 heavy (non-hydrogen) atoms. The number of aromatic nitrogens is 3. The number of benzene rings is 2. The monoisotopic (exact) mass is 462 g/mol. The minimum absolute atomic E-state index is 0.207. The standard InChI is InChI=1S/C24H26N6O2S/c1-18-22(21-4-2-3-5-23(21)27-18)16-29-12-14-30(15-13-29)19-6-8-20(9-7-19)33(31,32)28-24-10-11-25-17-26-24/h2-11,17,27H,12-16H2,1H3,(H,25,26,28). The molecule has 3 heterocycles. The third kappa shape index (κ3) is 4.55. The molecule has 9 heteroatoms. The van der Waals surface area contributed by atoms with E-state index in [1.165, 1.54) is 40.8 Å². The molecule has 2 aromatic carbocycles. The number of nitrogens with one attached hydrogen (secondary N) is 2. The molecule has 0 aliphatic carbocycles. The van der Waals surface area contributed by atoms with Crippen LogP contribution in [-0.2, 0) is 16.6 Å². The molecule has 1 fully saturated rings. The summed E-state index contributed by atoms with van der Waals surface area (Å²) in [6, 6.07) is 17.0. The lowest BCUT2D eigenvalue weighted by Crippen LogP contribution is -2.46. The van der Waals surface area contributed by atoms with Gasteiger partial charge in [0.15, 0.2) is 0 Å². The molecule has 8 nitrogen and oxygen atoms in total. The lowest BCUT2D eigenvalue weighted by molar-refractivity contribution is 0.250. The van der Waals surface area contributed by atoms with E-state index in [2.05, 4.69) is 60.7 Å². The Bertz CT molecular complexity index is 1350. The smallest absolute Gasteiger partial charge is 0.263 e. The molecule has 0 unspecified atom stereocenters. The van der Waals surface area contributed by atoms with Crippen LogP contribution < -0.4 is 9.62 Å². The van der Waals surface area contributed by atoms with E-state index in [4.69, 9.17) is 0 Å². The number of para-hydroxylation sites is 1. The summed E-state index contributed by atoms with van der Waals surface area (Å²) in [7, 11) is -3.69. The van der Waals surface area contributed by atoms with E-state index in [0.29, 0.717) is 0 Å². The highest BCUT2D eigenvalue weighted by atomic mass is 32.2. The molecule has 1 saturated heterocycles. The fraction of sp³-hybridized carbons (Fsp3) is 0.250. The molecule has 4 aromatic rings. The largest absolute Gasteiger partial charge is 0.369 e. The highest BCUT2D eigenvalue weighted by Gasteiger charge is 2.21. The first-order valence-electron chi connectivity index (χ1n) is 10.9. The third-order valence-electron chi connectivity index (χ3n) is 6.11. The Labute approximate surface area is 193 Å². The first kappa shape index (κ1) is 21.4. The number of H-pyrrole nitrogens is 1. The lowest BCUT2D eigenvalue weighted by atomic mass is 10.1. The van der Waals surface area contributed by atoms with Crippen molar-refractivity contribution in [3.8, 4) is 0 Å². The summed E-state index contributed by atoms with van der Waals surface area (Å²) in [5, 5.41) is 1.30. The first-order chi connectivity index (χ1) is 16.0. The Morgan fingerprint density at radius 3 is 2.48 bits per heavy atom. The zero-order chi connectivity index (χ0) is 22.8. The topological polar surface area (TPSA) is 94.2 Å². The van der Waals surface area contributed by atoms with Crippen LogP contribution in [0.1, 0.15) is 11.3 Å². The highest BCUT2D eigenvalue weighted by Crippen LogP contribution is 2.25. The lowest BCUT2D eigenvalue weighted by Gasteiger charge is -2.36. The fourth-order valence-corrected chi connectivity index (χ4v) is 5.32. The van der Waals surface area contributed by atoms with E-state index in [0.717, 1.165) is 38.4 Å². The molecule has 0 spiro atoms. The van der Waals surface area contributed by atoms with E-state index < -0.39 is 10.0 Å². The second-order valence-electron chi connectivity index (χ2n) is 8.23. The molecular formula is C24H26N6O2S. The number of hydrogen-bond donors (Lipinski definition) is 2. The zero-order valence-corrected chi connectivity index (χ0v) is 19.2. The van der Waals surface area contributed by atoms with Crippen molar-refractivity contribution in [2.24, 2.45) is 0 Å². The molecule has 1 aliphatic heterocycles. The fourth-order valence-electron chi connectivity index (χ4n) is 4.31. The van der Waals surface area contributed by atoms with Gasteiger partial charge in [0.2, 0.25) is 0 Å². The van der Waals surface area contributed by atoms with E-state index in [1.54, 1.807) is 12.1 Å². The van der Waals surface area contributed by atoms with Crippen LogP contribution in [0.4, 0.5) is 11.5 Å². The average molecular weight is 463 g/mol. The van der Waals surface area contributed by atoms with Crippen molar-refractivity contribution in [2.45, 2.75) is 18.4 Å². The molecule has 170 valence electrons. The van der Waals surface area contributed by atoms with E-state index in [-0.39, 0.29) is 10.7 Å². The van der Waals surface area contributed by atoms with E-state index in [1.807, 2.05) is 12.1 Å². The molecular weight excluding hydrogens is 436 g/mol. The number of rotatable bonds is 6. The minimum atomic E-state index is -3.69. The number of aryl methyl sites for hydroxylation is 1. The number of sulfonamides is 1.